The van der Waals surface area contributed by atoms with Crippen LogP contribution in [0, 0.1) is 11.8 Å². The molecule has 6 heteroatoms. The predicted molar refractivity (Wildman–Crippen MR) is 90.1 cm³/mol. The molecule has 2 aliphatic rings. The van der Waals surface area contributed by atoms with E-state index in [2.05, 4.69) is 5.32 Å². The number of carbonyl (C=O) groups excluding carboxylic acids is 3. The molecule has 1 aromatic rings. The summed E-state index contributed by atoms with van der Waals surface area (Å²) in [5.41, 5.74) is 0.907. The first-order valence-corrected chi connectivity index (χ1v) is 8.40. The van der Waals surface area contributed by atoms with Gasteiger partial charge < -0.3 is 5.32 Å². The molecule has 24 heavy (non-hydrogen) atoms. The van der Waals surface area contributed by atoms with Gasteiger partial charge in [0.05, 0.1) is 17.9 Å². The van der Waals surface area contributed by atoms with Crippen LogP contribution >= 0.6 is 11.6 Å². The number of likely N-dealkylation sites (tertiary alicyclic amines) is 1. The van der Waals surface area contributed by atoms with Crippen LogP contribution < -0.4 is 5.32 Å². The summed E-state index contributed by atoms with van der Waals surface area (Å²) in [6.45, 7) is 1.63. The van der Waals surface area contributed by atoms with Crippen LogP contribution in [0.5, 0.6) is 0 Å². The number of allylic oxidation sites excluding steroid dienone is 2. The third-order valence-electron chi connectivity index (χ3n) is 4.65. The fourth-order valence-corrected chi connectivity index (χ4v) is 3.42. The standard InChI is InChI=1S/C18H19ClN2O3/c1-11(12-6-8-13(19)9-7-12)20-16(22)10-21-17(23)14-4-2-3-5-15(14)18(21)24/h2-3,6-9,11,14-15H,4-5,10H2,1H3,(H,20,22). The van der Waals surface area contributed by atoms with Crippen molar-refractivity contribution in [2.24, 2.45) is 11.8 Å². The molecule has 1 saturated heterocycles. The van der Waals surface area contributed by atoms with Gasteiger partial charge in [0, 0.05) is 5.02 Å². The van der Waals surface area contributed by atoms with Gasteiger partial charge in [-0.1, -0.05) is 35.9 Å². The molecule has 0 radical (unpaired) electrons. The molecule has 3 rings (SSSR count). The van der Waals surface area contributed by atoms with Crippen LogP contribution in [0.4, 0.5) is 0 Å². The average Bonchev–Trinajstić information content (AvgIpc) is 2.81. The largest absolute Gasteiger partial charge is 0.348 e. The van der Waals surface area contributed by atoms with Crippen molar-refractivity contribution in [1.29, 1.82) is 0 Å². The van der Waals surface area contributed by atoms with E-state index in [1.54, 1.807) is 12.1 Å². The van der Waals surface area contributed by atoms with Gasteiger partial charge in [-0.2, -0.15) is 0 Å². The highest BCUT2D eigenvalue weighted by Gasteiger charge is 2.47. The molecule has 0 spiro atoms. The van der Waals surface area contributed by atoms with Crippen LogP contribution in [0.3, 0.4) is 0 Å². The van der Waals surface area contributed by atoms with E-state index in [0.29, 0.717) is 17.9 Å². The van der Waals surface area contributed by atoms with Gasteiger partial charge in [0.25, 0.3) is 0 Å². The Balaban J connectivity index is 1.61. The SMILES string of the molecule is CC(NC(=O)CN1C(=O)C2CC=CCC2C1=O)c1ccc(Cl)cc1. The van der Waals surface area contributed by atoms with Crippen LogP contribution in [0.15, 0.2) is 36.4 Å². The van der Waals surface area contributed by atoms with E-state index in [0.717, 1.165) is 10.5 Å². The number of nitrogens with one attached hydrogen (secondary N) is 1. The summed E-state index contributed by atoms with van der Waals surface area (Å²) in [6.07, 6.45) is 5.01. The lowest BCUT2D eigenvalue weighted by Gasteiger charge is -2.18. The van der Waals surface area contributed by atoms with E-state index in [1.807, 2.05) is 31.2 Å². The van der Waals surface area contributed by atoms with Crippen molar-refractivity contribution in [1.82, 2.24) is 10.2 Å². The molecule has 1 aliphatic carbocycles. The number of fused-ring (bicyclic) bond motifs is 1. The van der Waals surface area contributed by atoms with E-state index < -0.39 is 0 Å². The predicted octanol–water partition coefficient (Wildman–Crippen LogP) is 2.47. The van der Waals surface area contributed by atoms with Crippen molar-refractivity contribution in [3.8, 4) is 0 Å². The molecule has 126 valence electrons. The molecule has 0 saturated carbocycles. The quantitative estimate of drug-likeness (QED) is 0.672. The van der Waals surface area contributed by atoms with Crippen molar-refractivity contribution in [3.63, 3.8) is 0 Å². The number of nitrogens with zero attached hydrogens (tertiary/aromatic N) is 1. The summed E-state index contributed by atoms with van der Waals surface area (Å²) in [6, 6.07) is 6.95. The molecule has 1 fully saturated rings. The van der Waals surface area contributed by atoms with Crippen LogP contribution in [0.2, 0.25) is 5.02 Å². The molecule has 0 aromatic heterocycles. The number of amides is 3. The summed E-state index contributed by atoms with van der Waals surface area (Å²) >= 11 is 5.85. The van der Waals surface area contributed by atoms with Gasteiger partial charge in [-0.05, 0) is 37.5 Å². The van der Waals surface area contributed by atoms with Crippen molar-refractivity contribution in [2.75, 3.05) is 6.54 Å². The topological polar surface area (TPSA) is 66.5 Å². The van der Waals surface area contributed by atoms with E-state index in [1.165, 1.54) is 0 Å². The Kier molecular flexibility index (Phi) is 4.71. The van der Waals surface area contributed by atoms with Crippen molar-refractivity contribution < 1.29 is 14.4 Å². The number of hydrogen-bond acceptors (Lipinski definition) is 3. The van der Waals surface area contributed by atoms with Gasteiger partial charge in [-0.3, -0.25) is 19.3 Å². The molecule has 5 nitrogen and oxygen atoms in total. The molecule has 0 bridgehead atoms. The van der Waals surface area contributed by atoms with Crippen molar-refractivity contribution in [3.05, 3.63) is 47.0 Å². The van der Waals surface area contributed by atoms with Crippen molar-refractivity contribution >= 4 is 29.3 Å². The molecular weight excluding hydrogens is 328 g/mol. The van der Waals surface area contributed by atoms with Gasteiger partial charge in [-0.25, -0.2) is 0 Å². The number of halogens is 1. The Morgan fingerprint density at radius 2 is 1.71 bits per heavy atom. The Hall–Kier alpha value is -2.14. The van der Waals surface area contributed by atoms with Crippen LogP contribution in [-0.2, 0) is 14.4 Å². The molecule has 3 unspecified atom stereocenters. The van der Waals surface area contributed by atoms with E-state index >= 15 is 0 Å². The lowest BCUT2D eigenvalue weighted by atomic mass is 9.85. The zero-order valence-corrected chi connectivity index (χ0v) is 14.1. The summed E-state index contributed by atoms with van der Waals surface area (Å²) in [5.74, 6) is -1.41. The fraction of sp³-hybridized carbons (Fsp3) is 0.389. The number of carbonyl (C=O) groups is 3. The maximum absolute atomic E-state index is 12.4. The molecule has 1 N–H and O–H groups in total. The Labute approximate surface area is 145 Å². The number of rotatable bonds is 4. The second-order valence-electron chi connectivity index (χ2n) is 6.26. The highest BCUT2D eigenvalue weighted by atomic mass is 35.5. The maximum atomic E-state index is 12.4. The summed E-state index contributed by atoms with van der Waals surface area (Å²) < 4.78 is 0. The minimum atomic E-state index is -0.342. The smallest absolute Gasteiger partial charge is 0.240 e. The van der Waals surface area contributed by atoms with Crippen LogP contribution in [0.1, 0.15) is 31.4 Å². The second-order valence-corrected chi connectivity index (χ2v) is 6.70. The van der Waals surface area contributed by atoms with Gasteiger partial charge in [0.2, 0.25) is 17.7 Å². The zero-order valence-electron chi connectivity index (χ0n) is 13.4. The third kappa shape index (κ3) is 3.22. The highest BCUT2D eigenvalue weighted by molar-refractivity contribution is 6.30. The van der Waals surface area contributed by atoms with E-state index in [-0.39, 0.29) is 42.1 Å². The second kappa shape index (κ2) is 6.77. The van der Waals surface area contributed by atoms with Crippen LogP contribution in [0.25, 0.3) is 0 Å². The first kappa shape index (κ1) is 16.7. The molecule has 1 aliphatic heterocycles. The first-order valence-electron chi connectivity index (χ1n) is 8.02. The van der Waals surface area contributed by atoms with Gasteiger partial charge in [0.1, 0.15) is 6.54 Å². The number of hydrogen-bond donors (Lipinski definition) is 1. The van der Waals surface area contributed by atoms with E-state index in [4.69, 9.17) is 11.6 Å². The summed E-state index contributed by atoms with van der Waals surface area (Å²) in [4.78, 5) is 38.1. The molecular formula is C18H19ClN2O3. The molecule has 3 atom stereocenters. The normalized spacial score (nSPS) is 24.0. The maximum Gasteiger partial charge on any atom is 0.240 e. The highest BCUT2D eigenvalue weighted by Crippen LogP contribution is 2.34. The lowest BCUT2D eigenvalue weighted by molar-refractivity contribution is -0.143. The van der Waals surface area contributed by atoms with Gasteiger partial charge >= 0.3 is 0 Å². The Morgan fingerprint density at radius 1 is 1.17 bits per heavy atom. The minimum Gasteiger partial charge on any atom is -0.348 e. The molecule has 1 heterocycles. The fourth-order valence-electron chi connectivity index (χ4n) is 3.29. The monoisotopic (exact) mass is 346 g/mol. The van der Waals surface area contributed by atoms with Gasteiger partial charge in [0.15, 0.2) is 0 Å². The first-order chi connectivity index (χ1) is 11.5. The average molecular weight is 347 g/mol. The number of benzene rings is 1. The van der Waals surface area contributed by atoms with Crippen molar-refractivity contribution in [2.45, 2.75) is 25.8 Å². The molecule has 3 amide bonds. The minimum absolute atomic E-state index is 0.220. The Morgan fingerprint density at radius 3 is 2.25 bits per heavy atom. The molecule has 1 aromatic carbocycles. The van der Waals surface area contributed by atoms with Crippen LogP contribution in [-0.4, -0.2) is 29.2 Å². The van der Waals surface area contributed by atoms with E-state index in [9.17, 15) is 14.4 Å². The Bertz CT molecular complexity index is 673. The zero-order chi connectivity index (χ0) is 17.3. The summed E-state index contributed by atoms with van der Waals surface area (Å²) in [5, 5.41) is 3.45. The van der Waals surface area contributed by atoms with Gasteiger partial charge in [-0.15, -0.1) is 0 Å². The third-order valence-corrected chi connectivity index (χ3v) is 4.90. The summed E-state index contributed by atoms with van der Waals surface area (Å²) in [7, 11) is 0. The lowest BCUT2D eigenvalue weighted by Crippen LogP contribution is -2.41. The number of imide groups is 1.